The molecular weight excluding hydrogens is 346 g/mol. The monoisotopic (exact) mass is 359 g/mol. The molecule has 0 heterocycles. The van der Waals surface area contributed by atoms with Crippen molar-refractivity contribution < 1.29 is 14.7 Å². The average molecular weight is 360 g/mol. The minimum Gasteiger partial charge on any atom is -0.478 e. The normalized spacial score (nSPS) is 11.1. The van der Waals surface area contributed by atoms with Crippen LogP contribution in [0.2, 0.25) is 0 Å². The molecule has 2 aromatic carbocycles. The topological polar surface area (TPSA) is 66.4 Å². The lowest BCUT2D eigenvalue weighted by Gasteiger charge is -2.07. The number of carbonyl (C=O) groups excluding carboxylic acids is 1. The quantitative estimate of drug-likeness (QED) is 0.804. The van der Waals surface area contributed by atoms with Crippen LogP contribution in [0.5, 0.6) is 0 Å². The summed E-state index contributed by atoms with van der Waals surface area (Å²) in [5, 5.41) is 11.6. The zero-order valence-corrected chi connectivity index (χ0v) is 13.4. The number of hydrogen-bond acceptors (Lipinski definition) is 2. The number of nitrogens with one attached hydrogen (secondary N) is 1. The molecule has 0 bridgehead atoms. The zero-order valence-electron chi connectivity index (χ0n) is 11.8. The van der Waals surface area contributed by atoms with Gasteiger partial charge in [-0.25, -0.2) is 4.79 Å². The number of carbonyl (C=O) groups is 2. The van der Waals surface area contributed by atoms with Gasteiger partial charge in [-0.2, -0.15) is 0 Å². The summed E-state index contributed by atoms with van der Waals surface area (Å²) in [6.07, 6.45) is 1.76. The number of hydrogen-bond donors (Lipinski definition) is 2. The Morgan fingerprint density at radius 2 is 1.86 bits per heavy atom. The van der Waals surface area contributed by atoms with Gasteiger partial charge in [-0.05, 0) is 42.8 Å². The smallest absolute Gasteiger partial charge is 0.335 e. The van der Waals surface area contributed by atoms with Crippen molar-refractivity contribution in [2.24, 2.45) is 0 Å². The van der Waals surface area contributed by atoms with Crippen LogP contribution in [0.1, 0.15) is 22.8 Å². The summed E-state index contributed by atoms with van der Waals surface area (Å²) in [6.45, 7) is 1.70. The lowest BCUT2D eigenvalue weighted by atomic mass is 10.1. The fourth-order valence-corrected chi connectivity index (χ4v) is 2.25. The first-order valence-corrected chi connectivity index (χ1v) is 7.34. The fraction of sp³-hybridized carbons (Fsp3) is 0.0588. The Morgan fingerprint density at radius 1 is 1.14 bits per heavy atom. The molecule has 0 radical (unpaired) electrons. The van der Waals surface area contributed by atoms with Gasteiger partial charge >= 0.3 is 5.97 Å². The van der Waals surface area contributed by atoms with Crippen LogP contribution in [-0.4, -0.2) is 17.0 Å². The second-order valence-corrected chi connectivity index (χ2v) is 5.54. The van der Waals surface area contributed by atoms with Crippen molar-refractivity contribution >= 4 is 39.6 Å². The Labute approximate surface area is 136 Å². The van der Waals surface area contributed by atoms with Gasteiger partial charge in [-0.15, -0.1) is 0 Å². The van der Waals surface area contributed by atoms with Gasteiger partial charge in [-0.3, -0.25) is 4.79 Å². The van der Waals surface area contributed by atoms with E-state index < -0.39 is 5.97 Å². The number of carboxylic acids is 1. The Hall–Kier alpha value is -2.40. The van der Waals surface area contributed by atoms with Gasteiger partial charge < -0.3 is 10.4 Å². The molecule has 0 atom stereocenters. The maximum Gasteiger partial charge on any atom is 0.335 e. The second kappa shape index (κ2) is 7.04. The number of aromatic carboxylic acids is 1. The van der Waals surface area contributed by atoms with Crippen molar-refractivity contribution in [3.63, 3.8) is 0 Å². The largest absolute Gasteiger partial charge is 0.478 e. The van der Waals surface area contributed by atoms with Crippen LogP contribution in [0.3, 0.4) is 0 Å². The van der Waals surface area contributed by atoms with Gasteiger partial charge in [0.15, 0.2) is 0 Å². The number of amides is 1. The molecule has 112 valence electrons. The summed E-state index contributed by atoms with van der Waals surface area (Å²) in [5.41, 5.74) is 2.00. The van der Waals surface area contributed by atoms with Crippen LogP contribution < -0.4 is 5.32 Å². The molecule has 0 spiro atoms. The van der Waals surface area contributed by atoms with Crippen molar-refractivity contribution in [3.8, 4) is 0 Å². The van der Waals surface area contributed by atoms with Crippen molar-refractivity contribution in [2.75, 3.05) is 5.32 Å². The van der Waals surface area contributed by atoms with Gasteiger partial charge in [0.1, 0.15) is 0 Å². The van der Waals surface area contributed by atoms with E-state index in [1.807, 2.05) is 24.3 Å². The molecule has 0 saturated carbocycles. The molecule has 2 aromatic rings. The van der Waals surface area contributed by atoms with Crippen LogP contribution >= 0.6 is 15.9 Å². The van der Waals surface area contributed by atoms with E-state index >= 15 is 0 Å². The van der Waals surface area contributed by atoms with Crippen molar-refractivity contribution in [3.05, 3.63) is 69.7 Å². The highest BCUT2D eigenvalue weighted by molar-refractivity contribution is 9.10. The number of halogens is 1. The summed E-state index contributed by atoms with van der Waals surface area (Å²) in [6, 6.07) is 13.7. The van der Waals surface area contributed by atoms with Crippen LogP contribution in [0, 0.1) is 0 Å². The average Bonchev–Trinajstić information content (AvgIpc) is 2.49. The zero-order chi connectivity index (χ0) is 16.1. The Balaban J connectivity index is 2.17. The Morgan fingerprint density at radius 3 is 2.55 bits per heavy atom. The fourth-order valence-electron chi connectivity index (χ4n) is 1.85. The molecule has 1 amide bonds. The van der Waals surface area contributed by atoms with Gasteiger partial charge in [0.05, 0.1) is 5.56 Å². The van der Waals surface area contributed by atoms with Gasteiger partial charge in [-0.1, -0.05) is 40.2 Å². The predicted molar refractivity (Wildman–Crippen MR) is 89.8 cm³/mol. The molecule has 2 N–H and O–H groups in total. The first-order chi connectivity index (χ1) is 10.5. The van der Waals surface area contributed by atoms with Crippen LogP contribution in [0.25, 0.3) is 6.08 Å². The molecule has 22 heavy (non-hydrogen) atoms. The first-order valence-electron chi connectivity index (χ1n) is 6.55. The van der Waals surface area contributed by atoms with Crippen molar-refractivity contribution in [1.29, 1.82) is 0 Å². The van der Waals surface area contributed by atoms with E-state index in [-0.39, 0.29) is 11.5 Å². The van der Waals surface area contributed by atoms with E-state index in [4.69, 9.17) is 5.11 Å². The highest BCUT2D eigenvalue weighted by Gasteiger charge is 2.08. The SMILES string of the molecule is C/C(=C\c1ccccc1Br)C(=O)Nc1cccc(C(=O)O)c1. The molecule has 0 aromatic heterocycles. The highest BCUT2D eigenvalue weighted by Crippen LogP contribution is 2.19. The lowest BCUT2D eigenvalue weighted by Crippen LogP contribution is -2.13. The van der Waals surface area contributed by atoms with E-state index in [9.17, 15) is 9.59 Å². The molecule has 0 aliphatic carbocycles. The molecule has 2 rings (SSSR count). The molecule has 4 nitrogen and oxygen atoms in total. The van der Waals surface area contributed by atoms with Crippen molar-refractivity contribution in [1.82, 2.24) is 0 Å². The third kappa shape index (κ3) is 4.05. The summed E-state index contributed by atoms with van der Waals surface area (Å²) >= 11 is 3.42. The third-order valence-corrected chi connectivity index (χ3v) is 3.72. The first kappa shape index (κ1) is 16.0. The summed E-state index contributed by atoms with van der Waals surface area (Å²) in [4.78, 5) is 23.1. The molecule has 0 aliphatic rings. The Bertz CT molecular complexity index is 753. The molecular formula is C17H14BrNO3. The summed E-state index contributed by atoms with van der Waals surface area (Å²) < 4.78 is 0.898. The number of anilines is 1. The molecule has 0 saturated heterocycles. The lowest BCUT2D eigenvalue weighted by molar-refractivity contribution is -0.112. The standard InChI is InChI=1S/C17H14BrNO3/c1-11(9-12-5-2-3-8-15(12)18)16(20)19-14-7-4-6-13(10-14)17(21)22/h2-10H,1H3,(H,19,20)(H,21,22)/b11-9+. The van der Waals surface area contributed by atoms with E-state index in [1.54, 1.807) is 25.1 Å². The maximum atomic E-state index is 12.2. The van der Waals surface area contributed by atoms with E-state index in [0.29, 0.717) is 11.3 Å². The number of benzene rings is 2. The number of rotatable bonds is 4. The van der Waals surface area contributed by atoms with E-state index in [1.165, 1.54) is 12.1 Å². The Kier molecular flexibility index (Phi) is 5.12. The van der Waals surface area contributed by atoms with Crippen LogP contribution in [-0.2, 0) is 4.79 Å². The predicted octanol–water partition coefficient (Wildman–Crippen LogP) is 4.19. The number of carboxylic acid groups (broad SMARTS) is 1. The van der Waals surface area contributed by atoms with E-state index in [2.05, 4.69) is 21.2 Å². The van der Waals surface area contributed by atoms with Crippen molar-refractivity contribution in [2.45, 2.75) is 6.92 Å². The van der Waals surface area contributed by atoms with Gasteiger partial charge in [0.25, 0.3) is 5.91 Å². The van der Waals surface area contributed by atoms with Crippen LogP contribution in [0.4, 0.5) is 5.69 Å². The maximum absolute atomic E-state index is 12.2. The third-order valence-electron chi connectivity index (χ3n) is 3.00. The van der Waals surface area contributed by atoms with Crippen LogP contribution in [0.15, 0.2) is 58.6 Å². The van der Waals surface area contributed by atoms with E-state index in [0.717, 1.165) is 10.0 Å². The van der Waals surface area contributed by atoms with Gasteiger partial charge in [0, 0.05) is 15.7 Å². The molecule has 0 unspecified atom stereocenters. The summed E-state index contributed by atoms with van der Waals surface area (Å²) in [7, 11) is 0. The minimum atomic E-state index is -1.03. The molecule has 5 heteroatoms. The molecule has 0 aliphatic heterocycles. The van der Waals surface area contributed by atoms with Gasteiger partial charge in [0.2, 0.25) is 0 Å². The molecule has 0 fully saturated rings. The highest BCUT2D eigenvalue weighted by atomic mass is 79.9. The second-order valence-electron chi connectivity index (χ2n) is 4.69. The summed E-state index contributed by atoms with van der Waals surface area (Å²) in [5.74, 6) is -1.31. The minimum absolute atomic E-state index is 0.130.